The molecule has 0 radical (unpaired) electrons. The molecule has 0 unspecified atom stereocenters. The topological polar surface area (TPSA) is 84.2 Å². The fraction of sp³-hybridized carbons (Fsp3) is 0.176. The van der Waals surface area contributed by atoms with Crippen LogP contribution < -0.4 is 16.4 Å². The number of carbonyl (C=O) groups excluding carboxylic acids is 2. The Labute approximate surface area is 129 Å². The van der Waals surface area contributed by atoms with Crippen molar-refractivity contribution in [2.45, 2.75) is 13.8 Å². The van der Waals surface area contributed by atoms with E-state index in [-0.39, 0.29) is 18.4 Å². The third-order valence-corrected chi connectivity index (χ3v) is 3.25. The van der Waals surface area contributed by atoms with E-state index in [4.69, 9.17) is 5.73 Å². The first-order valence-electron chi connectivity index (χ1n) is 6.96. The number of carbonyl (C=O) groups is 2. The number of aryl methyl sites for hydroxylation is 2. The Balaban J connectivity index is 1.91. The first-order valence-corrected chi connectivity index (χ1v) is 6.96. The highest BCUT2D eigenvalue weighted by atomic mass is 16.2. The van der Waals surface area contributed by atoms with Gasteiger partial charge in [0.05, 0.1) is 6.54 Å². The van der Waals surface area contributed by atoms with E-state index in [0.717, 1.165) is 16.8 Å². The molecule has 0 spiro atoms. The summed E-state index contributed by atoms with van der Waals surface area (Å²) in [6, 6.07) is 12.3. The number of nitrogens with two attached hydrogens (primary N) is 1. The van der Waals surface area contributed by atoms with Gasteiger partial charge in [0.2, 0.25) is 5.91 Å². The van der Waals surface area contributed by atoms with E-state index >= 15 is 0 Å². The van der Waals surface area contributed by atoms with E-state index in [2.05, 4.69) is 10.6 Å². The SMILES string of the molecule is Cc1ccc(C)c(NC(=O)CNC(=O)c2ccc(N)cc2)c1. The normalized spacial score (nSPS) is 10.1. The highest BCUT2D eigenvalue weighted by Gasteiger charge is 2.09. The Kier molecular flexibility index (Phi) is 4.78. The Hall–Kier alpha value is -2.82. The first-order chi connectivity index (χ1) is 10.5. The van der Waals surface area contributed by atoms with E-state index in [1.165, 1.54) is 0 Å². The zero-order chi connectivity index (χ0) is 16.1. The van der Waals surface area contributed by atoms with E-state index in [0.29, 0.717) is 11.3 Å². The molecule has 2 aromatic rings. The lowest BCUT2D eigenvalue weighted by molar-refractivity contribution is -0.115. The molecule has 22 heavy (non-hydrogen) atoms. The molecule has 2 amide bonds. The van der Waals surface area contributed by atoms with Crippen LogP contribution in [0.15, 0.2) is 42.5 Å². The second kappa shape index (κ2) is 6.76. The summed E-state index contributed by atoms with van der Waals surface area (Å²) >= 11 is 0. The van der Waals surface area contributed by atoms with Crippen LogP contribution in [-0.4, -0.2) is 18.4 Å². The van der Waals surface area contributed by atoms with Crippen molar-refractivity contribution in [2.75, 3.05) is 17.6 Å². The molecule has 0 aromatic heterocycles. The fourth-order valence-corrected chi connectivity index (χ4v) is 1.96. The number of rotatable bonds is 4. The van der Waals surface area contributed by atoms with Gasteiger partial charge in [0.25, 0.3) is 5.91 Å². The van der Waals surface area contributed by atoms with Crippen molar-refractivity contribution in [1.82, 2.24) is 5.32 Å². The number of hydrogen-bond donors (Lipinski definition) is 3. The average Bonchev–Trinajstić information content (AvgIpc) is 2.49. The van der Waals surface area contributed by atoms with Gasteiger partial charge < -0.3 is 16.4 Å². The van der Waals surface area contributed by atoms with Crippen LogP contribution in [0.2, 0.25) is 0 Å². The lowest BCUT2D eigenvalue weighted by Crippen LogP contribution is -2.33. The van der Waals surface area contributed by atoms with Crippen molar-refractivity contribution in [1.29, 1.82) is 0 Å². The van der Waals surface area contributed by atoms with E-state index in [1.54, 1.807) is 24.3 Å². The predicted molar refractivity (Wildman–Crippen MR) is 87.7 cm³/mol. The quantitative estimate of drug-likeness (QED) is 0.757. The van der Waals surface area contributed by atoms with Gasteiger partial charge in [-0.25, -0.2) is 0 Å². The van der Waals surface area contributed by atoms with Crippen LogP contribution >= 0.6 is 0 Å². The van der Waals surface area contributed by atoms with E-state index in [1.807, 2.05) is 32.0 Å². The minimum Gasteiger partial charge on any atom is -0.399 e. The highest BCUT2D eigenvalue weighted by molar-refractivity contribution is 5.99. The summed E-state index contributed by atoms with van der Waals surface area (Å²) in [5.41, 5.74) is 9.41. The molecule has 0 atom stereocenters. The van der Waals surface area contributed by atoms with Crippen LogP contribution in [0.25, 0.3) is 0 Å². The van der Waals surface area contributed by atoms with E-state index in [9.17, 15) is 9.59 Å². The summed E-state index contributed by atoms with van der Waals surface area (Å²) in [5, 5.41) is 5.37. The number of benzene rings is 2. The van der Waals surface area contributed by atoms with Crippen LogP contribution in [0.5, 0.6) is 0 Å². The monoisotopic (exact) mass is 297 g/mol. The van der Waals surface area contributed by atoms with Crippen molar-refractivity contribution in [3.8, 4) is 0 Å². The zero-order valence-corrected chi connectivity index (χ0v) is 12.6. The fourth-order valence-electron chi connectivity index (χ4n) is 1.96. The first kappa shape index (κ1) is 15.6. The summed E-state index contributed by atoms with van der Waals surface area (Å²) < 4.78 is 0. The minimum atomic E-state index is -0.309. The molecule has 0 bridgehead atoms. The average molecular weight is 297 g/mol. The van der Waals surface area contributed by atoms with Crippen LogP contribution in [0.3, 0.4) is 0 Å². The van der Waals surface area contributed by atoms with Gasteiger partial charge in [-0.3, -0.25) is 9.59 Å². The van der Waals surface area contributed by atoms with Crippen LogP contribution in [0.1, 0.15) is 21.5 Å². The Morgan fingerprint density at radius 3 is 2.41 bits per heavy atom. The van der Waals surface area contributed by atoms with Gasteiger partial charge >= 0.3 is 0 Å². The summed E-state index contributed by atoms with van der Waals surface area (Å²) in [7, 11) is 0. The molecule has 2 aromatic carbocycles. The van der Waals surface area contributed by atoms with Gasteiger partial charge in [-0.05, 0) is 55.3 Å². The number of amides is 2. The van der Waals surface area contributed by atoms with Crippen LogP contribution in [-0.2, 0) is 4.79 Å². The lowest BCUT2D eigenvalue weighted by atomic mass is 10.1. The van der Waals surface area contributed by atoms with Gasteiger partial charge in [-0.1, -0.05) is 12.1 Å². The molecule has 5 nitrogen and oxygen atoms in total. The molecular formula is C17H19N3O2. The third kappa shape index (κ3) is 4.09. The van der Waals surface area contributed by atoms with Gasteiger partial charge in [0.1, 0.15) is 0 Å². The molecule has 0 saturated carbocycles. The Morgan fingerprint density at radius 2 is 1.73 bits per heavy atom. The molecule has 4 N–H and O–H groups in total. The van der Waals surface area contributed by atoms with Gasteiger partial charge in [-0.2, -0.15) is 0 Å². The van der Waals surface area contributed by atoms with Gasteiger partial charge in [-0.15, -0.1) is 0 Å². The standard InChI is InChI=1S/C17H19N3O2/c1-11-3-4-12(2)15(9-11)20-16(21)10-19-17(22)13-5-7-14(18)8-6-13/h3-9H,10,18H2,1-2H3,(H,19,22)(H,20,21). The van der Waals surface area contributed by atoms with Crippen molar-refractivity contribution < 1.29 is 9.59 Å². The number of nitrogens with one attached hydrogen (secondary N) is 2. The van der Waals surface area contributed by atoms with Crippen molar-refractivity contribution in [2.24, 2.45) is 0 Å². The summed E-state index contributed by atoms with van der Waals surface area (Å²) in [6.07, 6.45) is 0. The summed E-state index contributed by atoms with van der Waals surface area (Å²) in [5.74, 6) is -0.575. The molecule has 5 heteroatoms. The largest absolute Gasteiger partial charge is 0.399 e. The second-order valence-electron chi connectivity index (χ2n) is 5.17. The maximum absolute atomic E-state index is 11.9. The molecular weight excluding hydrogens is 278 g/mol. The molecule has 2 rings (SSSR count). The van der Waals surface area contributed by atoms with Crippen LogP contribution in [0, 0.1) is 13.8 Å². The molecule has 0 aliphatic heterocycles. The molecule has 0 aliphatic carbocycles. The van der Waals surface area contributed by atoms with Crippen molar-refractivity contribution in [3.05, 3.63) is 59.2 Å². The molecule has 0 aliphatic rings. The maximum Gasteiger partial charge on any atom is 0.251 e. The number of nitrogen functional groups attached to an aromatic ring is 1. The Morgan fingerprint density at radius 1 is 1.05 bits per heavy atom. The maximum atomic E-state index is 11.9. The number of anilines is 2. The van der Waals surface area contributed by atoms with Crippen molar-refractivity contribution >= 4 is 23.2 Å². The molecule has 114 valence electrons. The van der Waals surface area contributed by atoms with E-state index < -0.39 is 0 Å². The summed E-state index contributed by atoms with van der Waals surface area (Å²) in [4.78, 5) is 23.8. The van der Waals surface area contributed by atoms with Gasteiger partial charge in [0.15, 0.2) is 0 Å². The van der Waals surface area contributed by atoms with Crippen LogP contribution in [0.4, 0.5) is 11.4 Å². The van der Waals surface area contributed by atoms with Crippen molar-refractivity contribution in [3.63, 3.8) is 0 Å². The summed E-state index contributed by atoms with van der Waals surface area (Å²) in [6.45, 7) is 3.79. The third-order valence-electron chi connectivity index (χ3n) is 3.25. The lowest BCUT2D eigenvalue weighted by Gasteiger charge is -2.10. The molecule has 0 fully saturated rings. The second-order valence-corrected chi connectivity index (χ2v) is 5.17. The number of hydrogen-bond acceptors (Lipinski definition) is 3. The zero-order valence-electron chi connectivity index (χ0n) is 12.6. The molecule has 0 saturated heterocycles. The smallest absolute Gasteiger partial charge is 0.251 e. The minimum absolute atomic E-state index is 0.0867. The predicted octanol–water partition coefficient (Wildman–Crippen LogP) is 2.25. The highest BCUT2D eigenvalue weighted by Crippen LogP contribution is 2.16. The van der Waals surface area contributed by atoms with Gasteiger partial charge in [0, 0.05) is 16.9 Å². The Bertz CT molecular complexity index is 694. The molecule has 0 heterocycles.